The third kappa shape index (κ3) is 3.86. The second-order valence-corrected chi connectivity index (χ2v) is 3.04. The number of imide groups is 1. The van der Waals surface area contributed by atoms with Crippen LogP contribution in [0.2, 0.25) is 5.02 Å². The lowest BCUT2D eigenvalue weighted by Crippen LogP contribution is -2.38. The molecule has 0 aliphatic rings. The number of carbonyl (C=O) groups is 2. The zero-order valence-electron chi connectivity index (χ0n) is 7.70. The van der Waals surface area contributed by atoms with Crippen LogP contribution in [0.15, 0.2) is 24.3 Å². The molecule has 0 aliphatic carbocycles. The fourth-order valence-corrected chi connectivity index (χ4v) is 1.07. The molecule has 0 heterocycles. The number of hydrogen-bond acceptors (Lipinski definition) is 3. The fraction of sp³-hybridized carbons (Fsp3) is 0.111. The molecule has 3 N–H and O–H groups in total. The van der Waals surface area contributed by atoms with E-state index in [0.717, 1.165) is 0 Å². The van der Waals surface area contributed by atoms with Crippen LogP contribution in [0, 0.1) is 0 Å². The Bertz CT molecular complexity index is 381. The number of rotatable bonds is 3. The summed E-state index contributed by atoms with van der Waals surface area (Å²) in [4.78, 5) is 21.3. The van der Waals surface area contributed by atoms with E-state index >= 15 is 0 Å². The van der Waals surface area contributed by atoms with Crippen molar-refractivity contribution < 1.29 is 14.3 Å². The van der Waals surface area contributed by atoms with E-state index in [1.54, 1.807) is 24.3 Å². The lowest BCUT2D eigenvalue weighted by Gasteiger charge is -2.06. The van der Waals surface area contributed by atoms with Gasteiger partial charge in [-0.15, -0.1) is 0 Å². The minimum Gasteiger partial charge on any atom is -0.482 e. The first-order valence-electron chi connectivity index (χ1n) is 4.06. The third-order valence-corrected chi connectivity index (χ3v) is 1.77. The zero-order valence-corrected chi connectivity index (χ0v) is 8.45. The maximum atomic E-state index is 11.0. The summed E-state index contributed by atoms with van der Waals surface area (Å²) in [6.07, 6.45) is 0. The first-order valence-corrected chi connectivity index (χ1v) is 4.44. The van der Waals surface area contributed by atoms with Gasteiger partial charge in [-0.25, -0.2) is 4.79 Å². The summed E-state index contributed by atoms with van der Waals surface area (Å²) in [5.41, 5.74) is 4.74. The highest BCUT2D eigenvalue weighted by atomic mass is 35.5. The number of urea groups is 1. The molecular formula is C9H9ClN2O3. The molecule has 0 atom stereocenters. The number of benzene rings is 1. The summed E-state index contributed by atoms with van der Waals surface area (Å²) in [6.45, 7) is -0.313. The normalized spacial score (nSPS) is 9.40. The number of amides is 3. The van der Waals surface area contributed by atoms with Crippen molar-refractivity contribution in [1.82, 2.24) is 5.32 Å². The standard InChI is InChI=1S/C9H9ClN2O3/c10-6-3-1-2-4-7(6)15-5-8(13)12-9(11)14/h1-4H,5H2,(H3,11,12,13,14). The predicted octanol–water partition coefficient (Wildman–Crippen LogP) is 0.914. The van der Waals surface area contributed by atoms with Gasteiger partial charge in [0.2, 0.25) is 0 Å². The van der Waals surface area contributed by atoms with Crippen LogP contribution in [0.3, 0.4) is 0 Å². The first-order chi connectivity index (χ1) is 7.09. The molecule has 0 saturated carbocycles. The third-order valence-electron chi connectivity index (χ3n) is 1.46. The lowest BCUT2D eigenvalue weighted by molar-refractivity contribution is -0.121. The Hall–Kier alpha value is -1.75. The van der Waals surface area contributed by atoms with E-state index in [1.165, 1.54) is 0 Å². The van der Waals surface area contributed by atoms with Gasteiger partial charge in [0.15, 0.2) is 6.61 Å². The van der Waals surface area contributed by atoms with Crippen molar-refractivity contribution in [3.05, 3.63) is 29.3 Å². The molecule has 1 aromatic carbocycles. The molecule has 1 rings (SSSR count). The van der Waals surface area contributed by atoms with Crippen LogP contribution < -0.4 is 15.8 Å². The van der Waals surface area contributed by atoms with Gasteiger partial charge in [0, 0.05) is 0 Å². The van der Waals surface area contributed by atoms with Crippen LogP contribution in [-0.4, -0.2) is 18.5 Å². The summed E-state index contributed by atoms with van der Waals surface area (Å²) in [6, 6.07) is 5.78. The summed E-state index contributed by atoms with van der Waals surface area (Å²) in [5.74, 6) is -0.249. The predicted molar refractivity (Wildman–Crippen MR) is 54.7 cm³/mol. The molecule has 5 nitrogen and oxygen atoms in total. The van der Waals surface area contributed by atoms with E-state index in [4.69, 9.17) is 22.1 Å². The number of halogens is 1. The Labute approximate surface area is 91.2 Å². The molecule has 0 aromatic heterocycles. The minimum atomic E-state index is -0.914. The zero-order chi connectivity index (χ0) is 11.3. The van der Waals surface area contributed by atoms with E-state index in [1.807, 2.05) is 5.32 Å². The Morgan fingerprint density at radius 2 is 2.07 bits per heavy atom. The van der Waals surface area contributed by atoms with Gasteiger partial charge < -0.3 is 10.5 Å². The van der Waals surface area contributed by atoms with Gasteiger partial charge in [0.1, 0.15) is 5.75 Å². The van der Waals surface area contributed by atoms with Crippen molar-refractivity contribution in [3.8, 4) is 5.75 Å². The monoisotopic (exact) mass is 228 g/mol. The van der Waals surface area contributed by atoms with E-state index < -0.39 is 11.9 Å². The molecular weight excluding hydrogens is 220 g/mol. The number of hydrogen-bond donors (Lipinski definition) is 2. The van der Waals surface area contributed by atoms with Gasteiger partial charge in [-0.2, -0.15) is 0 Å². The number of ether oxygens (including phenoxy) is 1. The van der Waals surface area contributed by atoms with Crippen LogP contribution in [0.5, 0.6) is 5.75 Å². The van der Waals surface area contributed by atoms with Crippen LogP contribution in [0.4, 0.5) is 4.79 Å². The molecule has 15 heavy (non-hydrogen) atoms. The summed E-state index contributed by atoms with van der Waals surface area (Å²) >= 11 is 5.77. The molecule has 0 bridgehead atoms. The maximum Gasteiger partial charge on any atom is 0.318 e. The number of nitrogens with two attached hydrogens (primary N) is 1. The highest BCUT2D eigenvalue weighted by molar-refractivity contribution is 6.32. The highest BCUT2D eigenvalue weighted by Crippen LogP contribution is 2.22. The second-order valence-electron chi connectivity index (χ2n) is 2.63. The van der Waals surface area contributed by atoms with Crippen LogP contribution in [0.25, 0.3) is 0 Å². The van der Waals surface area contributed by atoms with Crippen molar-refractivity contribution >= 4 is 23.5 Å². The van der Waals surface area contributed by atoms with Crippen LogP contribution in [0.1, 0.15) is 0 Å². The van der Waals surface area contributed by atoms with Gasteiger partial charge in [0.05, 0.1) is 5.02 Å². The van der Waals surface area contributed by atoms with E-state index in [9.17, 15) is 9.59 Å². The van der Waals surface area contributed by atoms with Gasteiger partial charge >= 0.3 is 6.03 Å². The van der Waals surface area contributed by atoms with E-state index in [2.05, 4.69) is 0 Å². The van der Waals surface area contributed by atoms with Crippen molar-refractivity contribution in [2.75, 3.05) is 6.61 Å². The summed E-state index contributed by atoms with van der Waals surface area (Å²) < 4.78 is 5.05. The molecule has 80 valence electrons. The van der Waals surface area contributed by atoms with Crippen LogP contribution in [-0.2, 0) is 4.79 Å². The van der Waals surface area contributed by atoms with E-state index in [0.29, 0.717) is 10.8 Å². The quantitative estimate of drug-likeness (QED) is 0.807. The number of carbonyl (C=O) groups excluding carboxylic acids is 2. The van der Waals surface area contributed by atoms with Gasteiger partial charge in [0.25, 0.3) is 5.91 Å². The molecule has 0 unspecified atom stereocenters. The number of para-hydroxylation sites is 1. The summed E-state index contributed by atoms with van der Waals surface area (Å²) in [5, 5.41) is 2.26. The van der Waals surface area contributed by atoms with Crippen molar-refractivity contribution in [2.24, 2.45) is 5.73 Å². The first kappa shape index (κ1) is 11.3. The molecule has 0 radical (unpaired) electrons. The lowest BCUT2D eigenvalue weighted by atomic mass is 10.3. The maximum absolute atomic E-state index is 11.0. The molecule has 3 amide bonds. The SMILES string of the molecule is NC(=O)NC(=O)COc1ccccc1Cl. The average molecular weight is 229 g/mol. The Morgan fingerprint density at radius 1 is 1.40 bits per heavy atom. The largest absolute Gasteiger partial charge is 0.482 e. The molecule has 0 saturated heterocycles. The molecule has 0 aliphatic heterocycles. The van der Waals surface area contributed by atoms with Crippen molar-refractivity contribution in [1.29, 1.82) is 0 Å². The number of primary amides is 1. The second kappa shape index (κ2) is 5.21. The van der Waals surface area contributed by atoms with Crippen molar-refractivity contribution in [2.45, 2.75) is 0 Å². The molecule has 6 heteroatoms. The molecule has 0 spiro atoms. The minimum absolute atomic E-state index is 0.313. The Balaban J connectivity index is 2.47. The smallest absolute Gasteiger partial charge is 0.318 e. The van der Waals surface area contributed by atoms with Crippen LogP contribution >= 0.6 is 11.6 Å². The fourth-order valence-electron chi connectivity index (χ4n) is 0.879. The molecule has 0 fully saturated rings. The summed E-state index contributed by atoms with van der Waals surface area (Å²) in [7, 11) is 0. The average Bonchev–Trinajstić information content (AvgIpc) is 2.15. The molecule has 1 aromatic rings. The van der Waals surface area contributed by atoms with Gasteiger partial charge in [-0.05, 0) is 12.1 Å². The van der Waals surface area contributed by atoms with Gasteiger partial charge in [-0.3, -0.25) is 10.1 Å². The van der Waals surface area contributed by atoms with Crippen molar-refractivity contribution in [3.63, 3.8) is 0 Å². The number of nitrogens with one attached hydrogen (secondary N) is 1. The highest BCUT2D eigenvalue weighted by Gasteiger charge is 2.06. The van der Waals surface area contributed by atoms with E-state index in [-0.39, 0.29) is 6.61 Å². The topological polar surface area (TPSA) is 81.4 Å². The Morgan fingerprint density at radius 3 is 2.67 bits per heavy atom. The van der Waals surface area contributed by atoms with Gasteiger partial charge in [-0.1, -0.05) is 23.7 Å². The Kier molecular flexibility index (Phi) is 3.93.